The van der Waals surface area contributed by atoms with Crippen molar-refractivity contribution in [1.29, 1.82) is 0 Å². The molecule has 2 aromatic rings. The van der Waals surface area contributed by atoms with Gasteiger partial charge >= 0.3 is 30.1 Å². The normalized spacial score (nSPS) is 22.8. The van der Waals surface area contributed by atoms with Crippen LogP contribution in [0.4, 0.5) is 13.2 Å². The molecule has 0 aromatic carbocycles. The van der Waals surface area contributed by atoms with E-state index in [0.29, 0.717) is 4.88 Å². The van der Waals surface area contributed by atoms with Gasteiger partial charge in [-0.05, 0) is 23.9 Å². The number of carbonyl (C=O) groups is 4. The molecule has 0 aliphatic carbocycles. The fraction of sp³-hybridized carbons (Fsp3) is 0.542. The summed E-state index contributed by atoms with van der Waals surface area (Å²) in [4.78, 5) is 47.9. The molecule has 220 valence electrons. The Morgan fingerprint density at radius 3 is 2.10 bits per heavy atom. The molecule has 0 amide bonds. The molecule has 3 heterocycles. The third-order valence-electron chi connectivity index (χ3n) is 5.42. The number of hydrogen-bond donors (Lipinski definition) is 1. The van der Waals surface area contributed by atoms with E-state index in [0.717, 1.165) is 33.3 Å². The van der Waals surface area contributed by atoms with E-state index in [2.05, 4.69) is 5.10 Å². The first-order chi connectivity index (χ1) is 18.6. The zero-order valence-electron chi connectivity index (χ0n) is 22.0. The number of carbonyl (C=O) groups excluding carboxylic acids is 4. The van der Waals surface area contributed by atoms with Crippen molar-refractivity contribution in [3.63, 3.8) is 0 Å². The van der Waals surface area contributed by atoms with E-state index in [1.165, 1.54) is 11.3 Å². The zero-order chi connectivity index (χ0) is 29.8. The van der Waals surface area contributed by atoms with Crippen LogP contribution in [0.2, 0.25) is 0 Å². The molecule has 12 nitrogen and oxygen atoms in total. The van der Waals surface area contributed by atoms with Crippen LogP contribution in [0.25, 0.3) is 0 Å². The van der Waals surface area contributed by atoms with Crippen molar-refractivity contribution in [2.75, 3.05) is 6.61 Å². The number of hydrogen-bond acceptors (Lipinski definition) is 12. The average molecular weight is 593 g/mol. The quantitative estimate of drug-likeness (QED) is 0.338. The lowest BCUT2D eigenvalue weighted by Gasteiger charge is -2.43. The van der Waals surface area contributed by atoms with E-state index in [1.807, 2.05) is 5.10 Å². The lowest BCUT2D eigenvalue weighted by atomic mass is 9.98. The predicted molar refractivity (Wildman–Crippen MR) is 128 cm³/mol. The molecule has 1 aliphatic rings. The molecular weight excluding hydrogens is 565 g/mol. The molecule has 5 atom stereocenters. The highest BCUT2D eigenvalue weighted by molar-refractivity contribution is 7.10. The summed E-state index contributed by atoms with van der Waals surface area (Å²) in [5, 5.41) is 7.38. The molecule has 0 spiro atoms. The van der Waals surface area contributed by atoms with E-state index in [9.17, 15) is 32.3 Å². The Morgan fingerprint density at radius 1 is 0.975 bits per heavy atom. The maximum Gasteiger partial charge on any atom is 0.433 e. The second-order valence-corrected chi connectivity index (χ2v) is 9.83. The SMILES string of the molecule is CC(=O)OC[C@H]1O[C@@H](Oc2n[nH]c(C(F)(F)F)c2Cc2cc(C)cs2)[C@H](OC(C)=O)[C@@H](OC(C)=O)[C@@H]1OC(C)=O. The Hall–Kier alpha value is -3.66. The summed E-state index contributed by atoms with van der Waals surface area (Å²) < 4.78 is 73.9. The summed E-state index contributed by atoms with van der Waals surface area (Å²) in [5.41, 5.74) is -0.680. The van der Waals surface area contributed by atoms with Crippen LogP contribution in [-0.4, -0.2) is 71.4 Å². The van der Waals surface area contributed by atoms with E-state index in [-0.39, 0.29) is 12.0 Å². The number of aromatic amines is 1. The smallest absolute Gasteiger partial charge is 0.433 e. The first-order valence-electron chi connectivity index (χ1n) is 11.8. The molecule has 0 unspecified atom stereocenters. The number of halogens is 3. The maximum absolute atomic E-state index is 13.8. The minimum Gasteiger partial charge on any atom is -0.463 e. The van der Waals surface area contributed by atoms with Crippen molar-refractivity contribution in [3.8, 4) is 5.88 Å². The number of alkyl halides is 3. The molecule has 16 heteroatoms. The Kier molecular flexibility index (Phi) is 9.78. The zero-order valence-corrected chi connectivity index (χ0v) is 22.8. The number of ether oxygens (including phenoxy) is 6. The van der Waals surface area contributed by atoms with Gasteiger partial charge in [0.05, 0.1) is 5.56 Å². The van der Waals surface area contributed by atoms with Gasteiger partial charge in [0.15, 0.2) is 12.2 Å². The van der Waals surface area contributed by atoms with Crippen LogP contribution in [-0.2, 0) is 55.5 Å². The predicted octanol–water partition coefficient (Wildman–Crippen LogP) is 2.85. The molecule has 1 saturated heterocycles. The minimum atomic E-state index is -4.82. The third-order valence-corrected chi connectivity index (χ3v) is 6.48. The van der Waals surface area contributed by atoms with Gasteiger partial charge in [0.2, 0.25) is 18.3 Å². The second-order valence-electron chi connectivity index (χ2n) is 8.83. The summed E-state index contributed by atoms with van der Waals surface area (Å²) in [6.07, 6.45) is -12.8. The molecule has 3 rings (SSSR count). The van der Waals surface area contributed by atoms with Crippen molar-refractivity contribution >= 4 is 35.2 Å². The van der Waals surface area contributed by atoms with Crippen LogP contribution in [0.5, 0.6) is 5.88 Å². The van der Waals surface area contributed by atoms with Gasteiger partial charge in [-0.1, -0.05) is 0 Å². The van der Waals surface area contributed by atoms with Crippen LogP contribution in [0.1, 0.15) is 49.4 Å². The van der Waals surface area contributed by atoms with Crippen molar-refractivity contribution in [2.24, 2.45) is 0 Å². The highest BCUT2D eigenvalue weighted by Gasteiger charge is 2.54. The Balaban J connectivity index is 2.06. The van der Waals surface area contributed by atoms with Gasteiger partial charge in [-0.25, -0.2) is 0 Å². The number of esters is 4. The van der Waals surface area contributed by atoms with E-state index >= 15 is 0 Å². The lowest BCUT2D eigenvalue weighted by molar-refractivity contribution is -0.289. The molecule has 0 saturated carbocycles. The van der Waals surface area contributed by atoms with Gasteiger partial charge in [-0.2, -0.15) is 13.2 Å². The van der Waals surface area contributed by atoms with Gasteiger partial charge in [-0.3, -0.25) is 24.3 Å². The highest BCUT2D eigenvalue weighted by Crippen LogP contribution is 2.38. The van der Waals surface area contributed by atoms with Gasteiger partial charge in [0.25, 0.3) is 0 Å². The fourth-order valence-corrected chi connectivity index (χ4v) is 4.88. The number of thiophene rings is 1. The number of nitrogens with zero attached hydrogens (tertiary/aromatic N) is 1. The molecule has 1 fully saturated rings. The molecule has 1 N–H and O–H groups in total. The molecule has 0 radical (unpaired) electrons. The van der Waals surface area contributed by atoms with E-state index < -0.39 is 78.9 Å². The van der Waals surface area contributed by atoms with Crippen molar-refractivity contribution < 1.29 is 60.8 Å². The number of aryl methyl sites for hydroxylation is 1. The fourth-order valence-electron chi connectivity index (χ4n) is 4.00. The summed E-state index contributed by atoms with van der Waals surface area (Å²) in [6, 6.07) is 1.70. The van der Waals surface area contributed by atoms with Gasteiger partial charge in [-0.15, -0.1) is 16.4 Å². The molecule has 1 aliphatic heterocycles. The minimum absolute atomic E-state index is 0.218. The highest BCUT2D eigenvalue weighted by atomic mass is 32.1. The van der Waals surface area contributed by atoms with Crippen molar-refractivity contribution in [3.05, 3.63) is 33.1 Å². The largest absolute Gasteiger partial charge is 0.463 e. The topological polar surface area (TPSA) is 152 Å². The van der Waals surface area contributed by atoms with Crippen LogP contribution in [0, 0.1) is 6.92 Å². The molecule has 40 heavy (non-hydrogen) atoms. The molecular formula is C24H27F3N2O10S. The van der Waals surface area contributed by atoms with E-state index in [1.54, 1.807) is 18.4 Å². The summed E-state index contributed by atoms with van der Waals surface area (Å²) in [5.74, 6) is -3.87. The van der Waals surface area contributed by atoms with E-state index in [4.69, 9.17) is 28.4 Å². The number of rotatable bonds is 9. The standard InChI is InChI=1S/C24H27F3N2O10S/c1-10-6-15(40-9-10)7-16-21(24(25,26)27)28-29-22(16)39-23-20(37-14(5)33)19(36-13(4)32)18(35-12(3)31)17(38-23)8-34-11(2)30/h6,9,17-20,23H,7-8H2,1-5H3,(H,28,29)/t17-,18-,19+,20-,23+/m1/s1. The Morgan fingerprint density at radius 2 is 1.57 bits per heavy atom. The first-order valence-corrected chi connectivity index (χ1v) is 12.7. The number of aromatic nitrogens is 2. The van der Waals surface area contributed by atoms with Crippen LogP contribution in [0.15, 0.2) is 11.4 Å². The maximum atomic E-state index is 13.8. The third kappa shape index (κ3) is 7.94. The van der Waals surface area contributed by atoms with Crippen LogP contribution >= 0.6 is 11.3 Å². The van der Waals surface area contributed by atoms with Gasteiger partial charge in [0, 0.05) is 39.0 Å². The first kappa shape index (κ1) is 30.9. The Bertz CT molecular complexity index is 1240. The van der Waals surface area contributed by atoms with Crippen LogP contribution in [0.3, 0.4) is 0 Å². The summed E-state index contributed by atoms with van der Waals surface area (Å²) >= 11 is 1.23. The summed E-state index contributed by atoms with van der Waals surface area (Å²) in [7, 11) is 0. The Labute approximate surface area is 230 Å². The van der Waals surface area contributed by atoms with Gasteiger partial charge in [0.1, 0.15) is 18.4 Å². The molecule has 2 aromatic heterocycles. The number of H-pyrrole nitrogens is 1. The number of nitrogens with one attached hydrogen (secondary N) is 1. The van der Waals surface area contributed by atoms with Crippen molar-refractivity contribution in [2.45, 2.75) is 77.9 Å². The average Bonchev–Trinajstić information content (AvgIpc) is 3.41. The van der Waals surface area contributed by atoms with Crippen molar-refractivity contribution in [1.82, 2.24) is 10.2 Å². The second kappa shape index (κ2) is 12.7. The summed E-state index contributed by atoms with van der Waals surface area (Å²) in [6.45, 7) is 5.46. The van der Waals surface area contributed by atoms with Gasteiger partial charge < -0.3 is 28.4 Å². The molecule has 0 bridgehead atoms. The van der Waals surface area contributed by atoms with Crippen LogP contribution < -0.4 is 4.74 Å². The lowest BCUT2D eigenvalue weighted by Crippen LogP contribution is -2.63. The monoisotopic (exact) mass is 592 g/mol.